The number of aromatic nitrogens is 2. The predicted molar refractivity (Wildman–Crippen MR) is 104 cm³/mol. The van der Waals surface area contributed by atoms with Crippen LogP contribution in [0.4, 0.5) is 0 Å². The number of hydrogen-bond acceptors (Lipinski definition) is 5. The molecule has 0 aliphatic rings. The van der Waals surface area contributed by atoms with Crippen LogP contribution in [0.2, 0.25) is 0 Å². The average molecular weight is 379 g/mol. The monoisotopic (exact) mass is 378 g/mol. The Balaban J connectivity index is 1.68. The van der Waals surface area contributed by atoms with Gasteiger partial charge in [-0.15, -0.1) is 0 Å². The number of amides is 1. The van der Waals surface area contributed by atoms with Crippen LogP contribution < -0.4 is 0 Å². The second kappa shape index (κ2) is 8.33. The third-order valence-electron chi connectivity index (χ3n) is 3.75. The van der Waals surface area contributed by atoms with Gasteiger partial charge < -0.3 is 0 Å². The minimum absolute atomic E-state index is 0.192. The van der Waals surface area contributed by atoms with Crippen LogP contribution in [-0.2, 0) is 0 Å². The largest absolute Gasteiger partial charge is 0.293 e. The van der Waals surface area contributed by atoms with Crippen LogP contribution in [-0.4, -0.2) is 39.4 Å². The molecule has 1 aromatic heterocycles. The smallest absolute Gasteiger partial charge is 0.276 e. The summed E-state index contributed by atoms with van der Waals surface area (Å²) in [5.74, 6) is -0.383. The van der Waals surface area contributed by atoms with Crippen LogP contribution in [0.1, 0.15) is 26.4 Å². The molecule has 2 aromatic carbocycles. The maximum absolute atomic E-state index is 12.4. The Labute approximate surface area is 161 Å². The van der Waals surface area contributed by atoms with Gasteiger partial charge in [0.15, 0.2) is 0 Å². The molecule has 0 unspecified atom stereocenters. The fourth-order valence-electron chi connectivity index (χ4n) is 2.27. The first-order chi connectivity index (χ1) is 13.0. The van der Waals surface area contributed by atoms with E-state index in [0.29, 0.717) is 11.3 Å². The molecule has 0 spiro atoms. The number of hydrazone groups is 1. The average Bonchev–Trinajstić information content (AvgIpc) is 2.72. The van der Waals surface area contributed by atoms with Crippen molar-refractivity contribution < 1.29 is 9.59 Å². The van der Waals surface area contributed by atoms with E-state index >= 15 is 0 Å². The van der Waals surface area contributed by atoms with Crippen molar-refractivity contribution in [2.75, 3.05) is 7.05 Å². The lowest BCUT2D eigenvalue weighted by Crippen LogP contribution is -2.22. The third-order valence-corrected chi connectivity index (χ3v) is 3.97. The molecule has 0 fully saturated rings. The van der Waals surface area contributed by atoms with Crippen molar-refractivity contribution in [3.05, 3.63) is 83.8 Å². The van der Waals surface area contributed by atoms with E-state index < -0.39 is 5.24 Å². The fourth-order valence-corrected chi connectivity index (χ4v) is 2.39. The molecule has 0 atom stereocenters. The Hall–Kier alpha value is -3.38. The van der Waals surface area contributed by atoms with E-state index in [2.05, 4.69) is 15.1 Å². The molecule has 0 N–H and O–H groups in total. The Morgan fingerprint density at radius 2 is 1.70 bits per heavy atom. The summed E-state index contributed by atoms with van der Waals surface area (Å²) in [6.45, 7) is 0. The van der Waals surface area contributed by atoms with Gasteiger partial charge in [0.1, 0.15) is 5.69 Å². The van der Waals surface area contributed by atoms with E-state index in [-0.39, 0.29) is 11.6 Å². The molecule has 0 saturated carbocycles. The molecule has 27 heavy (non-hydrogen) atoms. The van der Waals surface area contributed by atoms with Gasteiger partial charge in [-0.05, 0) is 29.3 Å². The van der Waals surface area contributed by atoms with Crippen molar-refractivity contribution in [1.29, 1.82) is 0 Å². The molecule has 7 heteroatoms. The summed E-state index contributed by atoms with van der Waals surface area (Å²) >= 11 is 5.40. The zero-order valence-corrected chi connectivity index (χ0v) is 15.2. The summed E-state index contributed by atoms with van der Waals surface area (Å²) in [6, 6.07) is 16.1. The van der Waals surface area contributed by atoms with Gasteiger partial charge in [-0.1, -0.05) is 42.5 Å². The lowest BCUT2D eigenvalue weighted by molar-refractivity contribution is 0.0794. The topological polar surface area (TPSA) is 75.5 Å². The molecular weight excluding hydrogens is 364 g/mol. The normalized spacial score (nSPS) is 10.7. The van der Waals surface area contributed by atoms with E-state index in [4.69, 9.17) is 11.6 Å². The van der Waals surface area contributed by atoms with Gasteiger partial charge in [0.2, 0.25) is 0 Å². The molecule has 0 radical (unpaired) electrons. The number of halogens is 1. The van der Waals surface area contributed by atoms with Crippen LogP contribution in [0, 0.1) is 0 Å². The van der Waals surface area contributed by atoms with Gasteiger partial charge in [-0.25, -0.2) is 9.99 Å². The van der Waals surface area contributed by atoms with E-state index in [1.807, 2.05) is 30.3 Å². The van der Waals surface area contributed by atoms with Crippen molar-refractivity contribution in [2.24, 2.45) is 5.10 Å². The van der Waals surface area contributed by atoms with Crippen LogP contribution >= 0.6 is 11.6 Å². The van der Waals surface area contributed by atoms with Crippen LogP contribution in [0.5, 0.6) is 0 Å². The first-order valence-electron chi connectivity index (χ1n) is 8.04. The maximum Gasteiger partial charge on any atom is 0.293 e. The highest BCUT2D eigenvalue weighted by atomic mass is 35.5. The molecule has 134 valence electrons. The highest BCUT2D eigenvalue weighted by Crippen LogP contribution is 2.15. The van der Waals surface area contributed by atoms with Gasteiger partial charge in [0.25, 0.3) is 11.1 Å². The van der Waals surface area contributed by atoms with Gasteiger partial charge in [0, 0.05) is 18.2 Å². The summed E-state index contributed by atoms with van der Waals surface area (Å²) in [5.41, 5.74) is 2.92. The Morgan fingerprint density at radius 3 is 2.30 bits per heavy atom. The minimum Gasteiger partial charge on any atom is -0.276 e. The summed E-state index contributed by atoms with van der Waals surface area (Å²) in [7, 11) is 1.53. The van der Waals surface area contributed by atoms with Gasteiger partial charge >= 0.3 is 0 Å². The van der Waals surface area contributed by atoms with Crippen LogP contribution in [0.15, 0.2) is 72.1 Å². The number of nitrogens with zero attached hydrogens (tertiary/aromatic N) is 4. The second-order valence-electron chi connectivity index (χ2n) is 5.62. The number of benzene rings is 2. The molecule has 0 bridgehead atoms. The van der Waals surface area contributed by atoms with Crippen molar-refractivity contribution in [2.45, 2.75) is 0 Å². The molecular formula is C20H15ClN4O2. The molecule has 0 saturated heterocycles. The summed E-state index contributed by atoms with van der Waals surface area (Å²) < 4.78 is 0. The van der Waals surface area contributed by atoms with E-state index in [1.165, 1.54) is 24.5 Å². The zero-order valence-electron chi connectivity index (χ0n) is 14.4. The molecule has 1 amide bonds. The number of carbonyl (C=O) groups excluding carboxylic acids is 2. The SMILES string of the molecule is CN(/N=C/c1ccc(C(=O)Cl)cc1)C(=O)c1cnc(-c2ccccc2)cn1. The molecule has 1 heterocycles. The Bertz CT molecular complexity index is 971. The molecule has 0 aliphatic carbocycles. The number of carbonyl (C=O) groups is 2. The first kappa shape index (κ1) is 18.4. The standard InChI is InChI=1S/C20H15ClN4O2/c1-25(24-11-14-7-9-16(10-8-14)19(21)26)20(27)18-13-22-17(12-23-18)15-5-3-2-4-6-15/h2-13H,1H3/b24-11+. The number of hydrogen-bond donors (Lipinski definition) is 0. The molecule has 6 nitrogen and oxygen atoms in total. The van der Waals surface area contributed by atoms with Crippen LogP contribution in [0.25, 0.3) is 11.3 Å². The minimum atomic E-state index is -0.525. The highest BCUT2D eigenvalue weighted by Gasteiger charge is 2.13. The summed E-state index contributed by atoms with van der Waals surface area (Å²) in [5, 5.41) is 4.75. The Morgan fingerprint density at radius 1 is 1.00 bits per heavy atom. The van der Waals surface area contributed by atoms with E-state index in [0.717, 1.165) is 11.1 Å². The van der Waals surface area contributed by atoms with Gasteiger partial charge in [-0.3, -0.25) is 14.6 Å². The van der Waals surface area contributed by atoms with Crippen molar-refractivity contribution >= 4 is 29.0 Å². The highest BCUT2D eigenvalue weighted by molar-refractivity contribution is 6.67. The lowest BCUT2D eigenvalue weighted by atomic mass is 10.2. The fraction of sp³-hybridized carbons (Fsp3) is 0.0500. The zero-order chi connectivity index (χ0) is 19.2. The predicted octanol–water partition coefficient (Wildman–Crippen LogP) is 3.63. The first-order valence-corrected chi connectivity index (χ1v) is 8.42. The molecule has 3 rings (SSSR count). The van der Waals surface area contributed by atoms with Crippen molar-refractivity contribution in [3.8, 4) is 11.3 Å². The van der Waals surface area contributed by atoms with Crippen LogP contribution in [0.3, 0.4) is 0 Å². The maximum atomic E-state index is 12.4. The lowest BCUT2D eigenvalue weighted by Gasteiger charge is -2.10. The molecule has 3 aromatic rings. The van der Waals surface area contributed by atoms with E-state index in [1.54, 1.807) is 30.5 Å². The Kier molecular flexibility index (Phi) is 5.68. The summed E-state index contributed by atoms with van der Waals surface area (Å²) in [4.78, 5) is 31.9. The molecule has 0 aliphatic heterocycles. The summed E-state index contributed by atoms with van der Waals surface area (Å²) in [6.07, 6.45) is 4.49. The van der Waals surface area contributed by atoms with Crippen molar-refractivity contribution in [1.82, 2.24) is 15.0 Å². The van der Waals surface area contributed by atoms with Gasteiger partial charge in [-0.2, -0.15) is 5.10 Å². The van der Waals surface area contributed by atoms with Gasteiger partial charge in [0.05, 0.1) is 24.3 Å². The quantitative estimate of drug-likeness (QED) is 0.386. The number of rotatable bonds is 5. The van der Waals surface area contributed by atoms with Crippen molar-refractivity contribution in [3.63, 3.8) is 0 Å². The second-order valence-corrected chi connectivity index (χ2v) is 5.97. The third kappa shape index (κ3) is 4.62. The van der Waals surface area contributed by atoms with E-state index in [9.17, 15) is 9.59 Å².